The van der Waals surface area contributed by atoms with Gasteiger partial charge in [-0.2, -0.15) is 0 Å². The highest BCUT2D eigenvalue weighted by Crippen LogP contribution is 2.41. The van der Waals surface area contributed by atoms with E-state index in [4.69, 9.17) is 14.4 Å². The fourth-order valence-corrected chi connectivity index (χ4v) is 6.32. The smallest absolute Gasteiger partial charge is 0.293 e. The molecular formula is C38H29N4O+. The first-order valence-corrected chi connectivity index (χ1v) is 14.5. The molecule has 0 spiro atoms. The van der Waals surface area contributed by atoms with E-state index in [1.807, 2.05) is 36.4 Å². The zero-order valence-corrected chi connectivity index (χ0v) is 24.2. The van der Waals surface area contributed by atoms with Gasteiger partial charge >= 0.3 is 0 Å². The van der Waals surface area contributed by atoms with Crippen LogP contribution in [0.15, 0.2) is 126 Å². The van der Waals surface area contributed by atoms with E-state index in [1.54, 1.807) is 0 Å². The summed E-state index contributed by atoms with van der Waals surface area (Å²) < 4.78 is 11.4. The highest BCUT2D eigenvalue weighted by molar-refractivity contribution is 6.13. The van der Waals surface area contributed by atoms with Crippen LogP contribution in [0.2, 0.25) is 0 Å². The number of hydrogen-bond acceptors (Lipinski definition) is 3. The van der Waals surface area contributed by atoms with Crippen LogP contribution < -0.4 is 4.57 Å². The maximum absolute atomic E-state index is 6.91. The molecule has 0 unspecified atom stereocenters. The monoisotopic (exact) mass is 557 g/mol. The van der Waals surface area contributed by atoms with Crippen molar-refractivity contribution in [2.75, 3.05) is 0 Å². The van der Waals surface area contributed by atoms with Gasteiger partial charge in [0.05, 0.1) is 25.5 Å². The average Bonchev–Trinajstić information content (AvgIpc) is 3.56. The average molecular weight is 558 g/mol. The maximum Gasteiger partial charge on any atom is 0.293 e. The minimum absolute atomic E-state index is 0.684. The van der Waals surface area contributed by atoms with Crippen molar-refractivity contribution in [3.8, 4) is 45.3 Å². The molecule has 5 nitrogen and oxygen atoms in total. The zero-order valence-electron chi connectivity index (χ0n) is 24.2. The summed E-state index contributed by atoms with van der Waals surface area (Å²) in [5.74, 6) is 1.79. The van der Waals surface area contributed by atoms with Crippen LogP contribution in [0.1, 0.15) is 5.56 Å². The minimum atomic E-state index is 0.684. The van der Waals surface area contributed by atoms with Crippen LogP contribution in [-0.2, 0) is 14.1 Å². The summed E-state index contributed by atoms with van der Waals surface area (Å²) in [5.41, 5.74) is 11.0. The molecule has 0 aliphatic rings. The second-order valence-corrected chi connectivity index (χ2v) is 11.0. The summed E-state index contributed by atoms with van der Waals surface area (Å²) in [4.78, 5) is 10.1. The fraction of sp³-hybridized carbons (Fsp3) is 0.0789. The predicted molar refractivity (Wildman–Crippen MR) is 173 cm³/mol. The molecule has 43 heavy (non-hydrogen) atoms. The van der Waals surface area contributed by atoms with Crippen LogP contribution in [0.25, 0.3) is 78.3 Å². The molecule has 0 N–H and O–H groups in total. The Bertz CT molecular complexity index is 2220. The van der Waals surface area contributed by atoms with Gasteiger partial charge in [0.25, 0.3) is 5.82 Å². The van der Waals surface area contributed by atoms with Crippen molar-refractivity contribution >= 4 is 33.0 Å². The van der Waals surface area contributed by atoms with Crippen LogP contribution in [0, 0.1) is 6.92 Å². The first-order chi connectivity index (χ1) is 21.1. The van der Waals surface area contributed by atoms with Crippen molar-refractivity contribution in [3.05, 3.63) is 127 Å². The van der Waals surface area contributed by atoms with Gasteiger partial charge in [0.2, 0.25) is 0 Å². The summed E-state index contributed by atoms with van der Waals surface area (Å²) in [6, 6.07) is 41.7. The Balaban J connectivity index is 1.40. The van der Waals surface area contributed by atoms with Crippen molar-refractivity contribution < 1.29 is 8.98 Å². The van der Waals surface area contributed by atoms with Gasteiger partial charge in [-0.25, -0.2) is 19.1 Å². The van der Waals surface area contributed by atoms with Gasteiger partial charge in [0.1, 0.15) is 11.1 Å². The summed E-state index contributed by atoms with van der Waals surface area (Å²) in [5, 5.41) is 2.15. The van der Waals surface area contributed by atoms with Gasteiger partial charge in [-0.1, -0.05) is 97.1 Å². The van der Waals surface area contributed by atoms with E-state index in [-0.39, 0.29) is 0 Å². The number of aromatic nitrogens is 4. The Labute approximate surface area is 249 Å². The molecule has 206 valence electrons. The number of aryl methyl sites for hydroxylation is 3. The van der Waals surface area contributed by atoms with Crippen LogP contribution >= 0.6 is 0 Å². The molecule has 5 aromatic carbocycles. The van der Waals surface area contributed by atoms with E-state index in [0.717, 1.165) is 67.0 Å². The lowest BCUT2D eigenvalue weighted by Crippen LogP contribution is -2.30. The molecule has 0 atom stereocenters. The second kappa shape index (κ2) is 9.78. The molecule has 8 aromatic rings. The molecule has 0 saturated carbocycles. The summed E-state index contributed by atoms with van der Waals surface area (Å²) in [6.07, 6.45) is 0. The lowest BCUT2D eigenvalue weighted by molar-refractivity contribution is -0.634. The van der Waals surface area contributed by atoms with Crippen molar-refractivity contribution in [3.63, 3.8) is 0 Å². The standard InChI is InChI=1S/C38H29N4O/c1-24-21-22-28-27-17-12-18-29(35(27)43-36(28)34(24)38-41(2)32-19-10-11-20-33(32)42(38)3)31-23-30(25-13-6-4-7-14-25)39-37(40-31)26-15-8-5-9-16-26/h4-23H,1-3H3/q+1. The normalized spacial score (nSPS) is 11.6. The first-order valence-electron chi connectivity index (χ1n) is 14.5. The van der Waals surface area contributed by atoms with Crippen molar-refractivity contribution in [2.24, 2.45) is 14.1 Å². The number of nitrogens with zero attached hydrogens (tertiary/aromatic N) is 4. The zero-order chi connectivity index (χ0) is 29.1. The Kier molecular flexibility index (Phi) is 5.73. The van der Waals surface area contributed by atoms with E-state index < -0.39 is 0 Å². The maximum atomic E-state index is 6.91. The lowest BCUT2D eigenvalue weighted by atomic mass is 10.0. The van der Waals surface area contributed by atoms with Crippen LogP contribution in [0.3, 0.4) is 0 Å². The third-order valence-corrected chi connectivity index (χ3v) is 8.44. The Morgan fingerprint density at radius 2 is 1.33 bits per heavy atom. The number of benzene rings is 5. The predicted octanol–water partition coefficient (Wildman–Crippen LogP) is 8.67. The third kappa shape index (κ3) is 3.97. The number of rotatable bonds is 4. The first kappa shape index (κ1) is 25.2. The van der Waals surface area contributed by atoms with Gasteiger partial charge in [-0.15, -0.1) is 0 Å². The van der Waals surface area contributed by atoms with Crippen molar-refractivity contribution in [1.29, 1.82) is 0 Å². The molecule has 0 bridgehead atoms. The molecular weight excluding hydrogens is 528 g/mol. The van der Waals surface area contributed by atoms with Gasteiger partial charge < -0.3 is 4.42 Å². The number of furan rings is 1. The molecule has 0 saturated heterocycles. The van der Waals surface area contributed by atoms with Crippen molar-refractivity contribution in [2.45, 2.75) is 6.92 Å². The number of fused-ring (bicyclic) bond motifs is 4. The van der Waals surface area contributed by atoms with Crippen LogP contribution in [-0.4, -0.2) is 14.5 Å². The third-order valence-electron chi connectivity index (χ3n) is 8.44. The van der Waals surface area contributed by atoms with Gasteiger partial charge in [0.15, 0.2) is 22.4 Å². The van der Waals surface area contributed by atoms with Gasteiger partial charge in [0, 0.05) is 27.5 Å². The molecule has 0 aliphatic heterocycles. The lowest BCUT2D eigenvalue weighted by Gasteiger charge is -2.09. The summed E-state index contributed by atoms with van der Waals surface area (Å²) in [6.45, 7) is 2.16. The highest BCUT2D eigenvalue weighted by atomic mass is 16.3. The molecule has 0 amide bonds. The number of hydrogen-bond donors (Lipinski definition) is 0. The largest absolute Gasteiger partial charge is 0.454 e. The van der Waals surface area contributed by atoms with Gasteiger partial charge in [-0.05, 0) is 36.8 Å². The van der Waals surface area contributed by atoms with Gasteiger partial charge in [-0.3, -0.25) is 0 Å². The van der Waals surface area contributed by atoms with E-state index in [1.165, 1.54) is 11.0 Å². The molecule has 0 aliphatic carbocycles. The summed E-state index contributed by atoms with van der Waals surface area (Å²) in [7, 11) is 4.25. The molecule has 3 aromatic heterocycles. The molecule has 3 heterocycles. The Hall–Kier alpha value is -5.55. The molecule has 0 fully saturated rings. The minimum Gasteiger partial charge on any atom is -0.454 e. The molecule has 8 rings (SSSR count). The molecule has 0 radical (unpaired) electrons. The Morgan fingerprint density at radius 3 is 2.09 bits per heavy atom. The van der Waals surface area contributed by atoms with Crippen molar-refractivity contribution in [1.82, 2.24) is 14.5 Å². The fourth-order valence-electron chi connectivity index (χ4n) is 6.32. The summed E-state index contributed by atoms with van der Waals surface area (Å²) >= 11 is 0. The number of imidazole rings is 1. The van der Waals surface area contributed by atoms with E-state index >= 15 is 0 Å². The SMILES string of the molecule is Cc1ccc2c(oc3c(-c4cc(-c5ccccc5)nc(-c5ccccc5)n4)cccc32)c1-c1n(C)c2ccccc2[n+]1C. The number of para-hydroxylation sites is 3. The van der Waals surface area contributed by atoms with Crippen LogP contribution in [0.4, 0.5) is 0 Å². The Morgan fingerprint density at radius 1 is 0.651 bits per heavy atom. The van der Waals surface area contributed by atoms with E-state index in [2.05, 4.69) is 115 Å². The quantitative estimate of drug-likeness (QED) is 0.203. The van der Waals surface area contributed by atoms with Crippen LogP contribution in [0.5, 0.6) is 0 Å². The van der Waals surface area contributed by atoms with E-state index in [9.17, 15) is 0 Å². The second-order valence-electron chi connectivity index (χ2n) is 11.0. The topological polar surface area (TPSA) is 47.7 Å². The van der Waals surface area contributed by atoms with E-state index in [0.29, 0.717) is 5.82 Å². The highest BCUT2D eigenvalue weighted by Gasteiger charge is 2.28. The molecule has 5 heteroatoms.